The Bertz CT molecular complexity index is 898. The van der Waals surface area contributed by atoms with E-state index in [1.54, 1.807) is 0 Å². The molecule has 2 aromatic rings. The van der Waals surface area contributed by atoms with Gasteiger partial charge in [0.2, 0.25) is 11.8 Å². The second-order valence-electron chi connectivity index (χ2n) is 5.98. The lowest BCUT2D eigenvalue weighted by atomic mass is 9.89. The van der Waals surface area contributed by atoms with Crippen LogP contribution < -0.4 is 10.6 Å². The SMILES string of the molecule is NC(=O)C1C(=O)N(c2cccc(F)c2F)CC1c1ccc(C(F)(F)F)nc1. The van der Waals surface area contributed by atoms with Crippen molar-refractivity contribution in [2.24, 2.45) is 11.7 Å². The zero-order valence-electron chi connectivity index (χ0n) is 13.5. The van der Waals surface area contributed by atoms with Crippen LogP contribution in [0.3, 0.4) is 0 Å². The number of hydrogen-bond acceptors (Lipinski definition) is 3. The van der Waals surface area contributed by atoms with Crippen LogP contribution in [-0.4, -0.2) is 23.3 Å². The summed E-state index contributed by atoms with van der Waals surface area (Å²) in [5.41, 5.74) is 3.90. The Hall–Kier alpha value is -3.04. The quantitative estimate of drug-likeness (QED) is 0.652. The molecule has 2 unspecified atom stereocenters. The van der Waals surface area contributed by atoms with Crippen LogP contribution in [0.5, 0.6) is 0 Å². The molecule has 2 N–H and O–H groups in total. The second-order valence-corrected chi connectivity index (χ2v) is 5.98. The Kier molecular flexibility index (Phi) is 4.58. The maximum Gasteiger partial charge on any atom is 0.433 e. The van der Waals surface area contributed by atoms with Crippen molar-refractivity contribution in [1.82, 2.24) is 4.98 Å². The van der Waals surface area contributed by atoms with Gasteiger partial charge in [-0.1, -0.05) is 12.1 Å². The van der Waals surface area contributed by atoms with Crippen molar-refractivity contribution >= 4 is 17.5 Å². The number of halogens is 5. The van der Waals surface area contributed by atoms with Crippen LogP contribution in [0.25, 0.3) is 0 Å². The van der Waals surface area contributed by atoms with Crippen LogP contribution in [0.2, 0.25) is 0 Å². The van der Waals surface area contributed by atoms with Gasteiger partial charge in [0, 0.05) is 18.7 Å². The molecule has 1 aliphatic rings. The molecule has 2 amide bonds. The molecular formula is C17H12F5N3O2. The summed E-state index contributed by atoms with van der Waals surface area (Å²) in [6.07, 6.45) is -3.76. The summed E-state index contributed by atoms with van der Waals surface area (Å²) >= 11 is 0. The highest BCUT2D eigenvalue weighted by Crippen LogP contribution is 2.38. The molecule has 0 spiro atoms. The maximum absolute atomic E-state index is 14.0. The Morgan fingerprint density at radius 1 is 1.19 bits per heavy atom. The number of benzene rings is 1. The molecule has 142 valence electrons. The second kappa shape index (κ2) is 6.60. The lowest BCUT2D eigenvalue weighted by Crippen LogP contribution is -2.34. The molecule has 10 heteroatoms. The monoisotopic (exact) mass is 385 g/mol. The molecule has 1 fully saturated rings. The molecule has 0 saturated carbocycles. The molecule has 5 nitrogen and oxygen atoms in total. The van der Waals surface area contributed by atoms with Gasteiger partial charge >= 0.3 is 6.18 Å². The van der Waals surface area contributed by atoms with Gasteiger partial charge in [-0.2, -0.15) is 13.2 Å². The minimum atomic E-state index is -4.65. The molecule has 3 rings (SSSR count). The number of pyridine rings is 1. The summed E-state index contributed by atoms with van der Waals surface area (Å²) in [5, 5.41) is 0. The standard InChI is InChI=1S/C17H12F5N3O2/c18-10-2-1-3-11(14(10)19)25-7-9(13(15(23)26)16(25)27)8-4-5-12(24-6-8)17(20,21)22/h1-6,9,13H,7H2,(H2,23,26). The van der Waals surface area contributed by atoms with Crippen LogP contribution >= 0.6 is 0 Å². The van der Waals surface area contributed by atoms with Crippen LogP contribution in [0.15, 0.2) is 36.5 Å². The van der Waals surface area contributed by atoms with E-state index in [1.165, 1.54) is 6.07 Å². The van der Waals surface area contributed by atoms with E-state index in [1.807, 2.05) is 0 Å². The minimum absolute atomic E-state index is 0.152. The van der Waals surface area contributed by atoms with Gasteiger partial charge in [-0.3, -0.25) is 14.6 Å². The van der Waals surface area contributed by atoms with Crippen molar-refractivity contribution in [3.8, 4) is 0 Å². The number of nitrogens with two attached hydrogens (primary N) is 1. The molecule has 1 saturated heterocycles. The van der Waals surface area contributed by atoms with Gasteiger partial charge in [-0.15, -0.1) is 0 Å². The van der Waals surface area contributed by atoms with Gasteiger partial charge in [-0.25, -0.2) is 8.78 Å². The van der Waals surface area contributed by atoms with Gasteiger partial charge in [0.1, 0.15) is 11.6 Å². The average molecular weight is 385 g/mol. The first-order valence-electron chi connectivity index (χ1n) is 7.69. The first-order valence-corrected chi connectivity index (χ1v) is 7.69. The molecule has 0 aliphatic carbocycles. The molecular weight excluding hydrogens is 373 g/mol. The van der Waals surface area contributed by atoms with E-state index in [-0.39, 0.29) is 17.8 Å². The third-order valence-corrected chi connectivity index (χ3v) is 4.35. The summed E-state index contributed by atoms with van der Waals surface area (Å²) in [6, 6.07) is 5.00. The van der Waals surface area contributed by atoms with E-state index in [4.69, 9.17) is 5.73 Å². The molecule has 1 aromatic carbocycles. The predicted octanol–water partition coefficient (Wildman–Crippen LogP) is 2.61. The normalized spacial score (nSPS) is 20.2. The van der Waals surface area contributed by atoms with Crippen molar-refractivity contribution in [3.63, 3.8) is 0 Å². The Labute approximate surface area is 149 Å². The molecule has 1 aliphatic heterocycles. The number of carbonyl (C=O) groups is 2. The van der Waals surface area contributed by atoms with Crippen molar-refractivity contribution in [1.29, 1.82) is 0 Å². The lowest BCUT2D eigenvalue weighted by molar-refractivity contribution is -0.141. The smallest absolute Gasteiger partial charge is 0.369 e. The van der Waals surface area contributed by atoms with E-state index in [0.717, 1.165) is 29.3 Å². The number of rotatable bonds is 3. The van der Waals surface area contributed by atoms with E-state index in [2.05, 4.69) is 4.98 Å². The number of carbonyl (C=O) groups excluding carboxylic acids is 2. The number of anilines is 1. The molecule has 0 bridgehead atoms. The highest BCUT2D eigenvalue weighted by molar-refractivity contribution is 6.10. The van der Waals surface area contributed by atoms with Gasteiger partial charge in [0.15, 0.2) is 11.6 Å². The van der Waals surface area contributed by atoms with E-state index >= 15 is 0 Å². The average Bonchev–Trinajstić information content (AvgIpc) is 2.94. The van der Waals surface area contributed by atoms with E-state index < -0.39 is 47.2 Å². The zero-order valence-corrected chi connectivity index (χ0v) is 13.5. The summed E-state index contributed by atoms with van der Waals surface area (Å²) in [5.74, 6) is -6.74. The van der Waals surface area contributed by atoms with Crippen LogP contribution in [0.1, 0.15) is 17.2 Å². The van der Waals surface area contributed by atoms with Crippen molar-refractivity contribution < 1.29 is 31.5 Å². The molecule has 2 heterocycles. The first-order chi connectivity index (χ1) is 12.6. The Morgan fingerprint density at radius 3 is 2.44 bits per heavy atom. The van der Waals surface area contributed by atoms with Crippen molar-refractivity contribution in [2.75, 3.05) is 11.4 Å². The van der Waals surface area contributed by atoms with Crippen LogP contribution in [0, 0.1) is 17.6 Å². The fourth-order valence-electron chi connectivity index (χ4n) is 3.06. The molecule has 2 atom stereocenters. The third-order valence-electron chi connectivity index (χ3n) is 4.35. The number of aromatic nitrogens is 1. The number of primary amides is 1. The van der Waals surface area contributed by atoms with Gasteiger partial charge in [0.25, 0.3) is 0 Å². The summed E-state index contributed by atoms with van der Waals surface area (Å²) in [4.78, 5) is 28.5. The topological polar surface area (TPSA) is 76.3 Å². The minimum Gasteiger partial charge on any atom is -0.369 e. The van der Waals surface area contributed by atoms with Gasteiger partial charge in [-0.05, 0) is 23.8 Å². The fraction of sp³-hybridized carbons (Fsp3) is 0.235. The number of hydrogen-bond donors (Lipinski definition) is 1. The summed E-state index contributed by atoms with van der Waals surface area (Å²) in [7, 11) is 0. The van der Waals surface area contributed by atoms with Crippen molar-refractivity contribution in [3.05, 3.63) is 59.4 Å². The third kappa shape index (κ3) is 3.34. The largest absolute Gasteiger partial charge is 0.433 e. The molecule has 0 radical (unpaired) electrons. The molecule has 27 heavy (non-hydrogen) atoms. The zero-order chi connectivity index (χ0) is 19.9. The first kappa shape index (κ1) is 18.7. The van der Waals surface area contributed by atoms with Crippen LogP contribution in [0.4, 0.5) is 27.6 Å². The van der Waals surface area contributed by atoms with Crippen molar-refractivity contribution in [2.45, 2.75) is 12.1 Å². The predicted molar refractivity (Wildman–Crippen MR) is 83.4 cm³/mol. The maximum atomic E-state index is 14.0. The Morgan fingerprint density at radius 2 is 1.89 bits per heavy atom. The highest BCUT2D eigenvalue weighted by Gasteiger charge is 2.46. The van der Waals surface area contributed by atoms with E-state index in [0.29, 0.717) is 6.07 Å². The Balaban J connectivity index is 1.99. The van der Waals surface area contributed by atoms with Gasteiger partial charge < -0.3 is 10.6 Å². The summed E-state index contributed by atoms with van der Waals surface area (Å²) < 4.78 is 65.5. The number of alkyl halides is 3. The van der Waals surface area contributed by atoms with E-state index in [9.17, 15) is 31.5 Å². The number of nitrogens with zero attached hydrogens (tertiary/aromatic N) is 2. The lowest BCUT2D eigenvalue weighted by Gasteiger charge is -2.17. The van der Waals surface area contributed by atoms with Gasteiger partial charge in [0.05, 0.1) is 5.69 Å². The highest BCUT2D eigenvalue weighted by atomic mass is 19.4. The number of amides is 2. The van der Waals surface area contributed by atoms with Crippen LogP contribution in [-0.2, 0) is 15.8 Å². The summed E-state index contributed by atoms with van der Waals surface area (Å²) in [6.45, 7) is -0.264. The fourth-order valence-corrected chi connectivity index (χ4v) is 3.06. The molecule has 1 aromatic heterocycles.